The van der Waals surface area contributed by atoms with Gasteiger partial charge in [0, 0.05) is 33.8 Å². The van der Waals surface area contributed by atoms with E-state index in [1.54, 1.807) is 11.8 Å². The molecule has 152 valence electrons. The minimum atomic E-state index is 0.839. The SMILES string of the molecule is Cn1c(SCc2ccc(Br)cc2)nnc1-c1cc(-c2ccccc2)nc2ccccc12. The summed E-state index contributed by atoms with van der Waals surface area (Å²) in [5.74, 6) is 1.68. The molecule has 0 saturated carbocycles. The van der Waals surface area contributed by atoms with Crippen LogP contribution >= 0.6 is 27.7 Å². The lowest BCUT2D eigenvalue weighted by Gasteiger charge is -2.10. The van der Waals surface area contributed by atoms with Crippen molar-refractivity contribution < 1.29 is 0 Å². The lowest BCUT2D eigenvalue weighted by atomic mass is 10.0. The van der Waals surface area contributed by atoms with Crippen molar-refractivity contribution in [2.24, 2.45) is 7.05 Å². The van der Waals surface area contributed by atoms with Crippen LogP contribution in [0.15, 0.2) is 94.6 Å². The Kier molecular flexibility index (Phi) is 5.57. The summed E-state index contributed by atoms with van der Waals surface area (Å²) in [7, 11) is 2.02. The van der Waals surface area contributed by atoms with Crippen molar-refractivity contribution in [3.63, 3.8) is 0 Å². The molecule has 0 unspecified atom stereocenters. The van der Waals surface area contributed by atoms with Crippen LogP contribution in [0.5, 0.6) is 0 Å². The number of fused-ring (bicyclic) bond motifs is 1. The molecule has 2 aromatic heterocycles. The molecule has 2 heterocycles. The number of thioether (sulfide) groups is 1. The molecule has 0 bridgehead atoms. The van der Waals surface area contributed by atoms with Gasteiger partial charge in [-0.15, -0.1) is 10.2 Å². The second-order valence-electron chi connectivity index (χ2n) is 7.22. The van der Waals surface area contributed by atoms with Gasteiger partial charge in [0.05, 0.1) is 11.2 Å². The molecule has 0 amide bonds. The zero-order valence-electron chi connectivity index (χ0n) is 16.9. The molecule has 0 radical (unpaired) electrons. The second-order valence-corrected chi connectivity index (χ2v) is 9.08. The van der Waals surface area contributed by atoms with E-state index in [0.717, 1.165) is 48.9 Å². The first-order valence-electron chi connectivity index (χ1n) is 9.91. The van der Waals surface area contributed by atoms with Gasteiger partial charge in [-0.05, 0) is 29.8 Å². The third-order valence-electron chi connectivity index (χ3n) is 5.14. The number of pyridine rings is 1. The highest BCUT2D eigenvalue weighted by molar-refractivity contribution is 9.10. The Labute approximate surface area is 193 Å². The summed E-state index contributed by atoms with van der Waals surface area (Å²) in [5, 5.41) is 11.0. The number of halogens is 1. The van der Waals surface area contributed by atoms with Gasteiger partial charge in [-0.25, -0.2) is 4.98 Å². The van der Waals surface area contributed by atoms with Crippen LogP contribution in [0.2, 0.25) is 0 Å². The molecular formula is C25H19BrN4S. The van der Waals surface area contributed by atoms with Crippen molar-refractivity contribution in [3.8, 4) is 22.6 Å². The first kappa shape index (κ1) is 20.0. The summed E-state index contributed by atoms with van der Waals surface area (Å²) >= 11 is 5.17. The van der Waals surface area contributed by atoms with Gasteiger partial charge in [-0.3, -0.25) is 0 Å². The lowest BCUT2D eigenvalue weighted by molar-refractivity contribution is 0.794. The van der Waals surface area contributed by atoms with E-state index in [0.29, 0.717) is 0 Å². The smallest absolute Gasteiger partial charge is 0.191 e. The average molecular weight is 487 g/mol. The van der Waals surface area contributed by atoms with Crippen LogP contribution in [0.1, 0.15) is 5.56 Å². The van der Waals surface area contributed by atoms with Crippen LogP contribution in [-0.2, 0) is 12.8 Å². The molecule has 0 spiro atoms. The maximum Gasteiger partial charge on any atom is 0.191 e. The Morgan fingerprint density at radius 1 is 0.871 bits per heavy atom. The van der Waals surface area contributed by atoms with Crippen LogP contribution in [0.4, 0.5) is 0 Å². The third kappa shape index (κ3) is 4.13. The molecule has 0 atom stereocenters. The highest BCUT2D eigenvalue weighted by Crippen LogP contribution is 2.33. The zero-order valence-corrected chi connectivity index (χ0v) is 19.3. The molecular weight excluding hydrogens is 468 g/mol. The Morgan fingerprint density at radius 2 is 1.61 bits per heavy atom. The first-order valence-corrected chi connectivity index (χ1v) is 11.7. The van der Waals surface area contributed by atoms with E-state index in [-0.39, 0.29) is 0 Å². The molecule has 3 aromatic carbocycles. The molecule has 0 saturated heterocycles. The standard InChI is InChI=1S/C25H19BrN4S/c1-30-24(28-29-25(30)31-16-17-11-13-19(26)14-12-17)21-15-23(18-7-3-2-4-8-18)27-22-10-6-5-9-20(21)22/h2-15H,16H2,1H3. The number of nitrogens with zero attached hydrogens (tertiary/aromatic N) is 4. The summed E-state index contributed by atoms with van der Waals surface area (Å²) in [5.41, 5.74) is 5.25. The van der Waals surface area contributed by atoms with Gasteiger partial charge in [0.15, 0.2) is 11.0 Å². The number of hydrogen-bond donors (Lipinski definition) is 0. The van der Waals surface area contributed by atoms with Gasteiger partial charge >= 0.3 is 0 Å². The van der Waals surface area contributed by atoms with E-state index in [2.05, 4.69) is 79.2 Å². The van der Waals surface area contributed by atoms with Gasteiger partial charge < -0.3 is 4.57 Å². The summed E-state index contributed by atoms with van der Waals surface area (Å²) in [6, 6.07) is 28.9. The van der Waals surface area contributed by atoms with Crippen LogP contribution in [0.25, 0.3) is 33.5 Å². The van der Waals surface area contributed by atoms with Gasteiger partial charge in [0.1, 0.15) is 0 Å². The number of hydrogen-bond acceptors (Lipinski definition) is 4. The molecule has 31 heavy (non-hydrogen) atoms. The molecule has 6 heteroatoms. The Hall–Kier alpha value is -2.96. The highest BCUT2D eigenvalue weighted by atomic mass is 79.9. The topological polar surface area (TPSA) is 43.6 Å². The summed E-state index contributed by atoms with van der Waals surface area (Å²) < 4.78 is 3.15. The third-order valence-corrected chi connectivity index (χ3v) is 6.76. The zero-order chi connectivity index (χ0) is 21.2. The fourth-order valence-corrected chi connectivity index (χ4v) is 4.65. The largest absolute Gasteiger partial charge is 0.305 e. The predicted molar refractivity (Wildman–Crippen MR) is 131 cm³/mol. The monoisotopic (exact) mass is 486 g/mol. The van der Waals surface area contributed by atoms with Gasteiger partial charge in [0.2, 0.25) is 0 Å². The Bertz CT molecular complexity index is 1350. The molecule has 0 aliphatic carbocycles. The van der Waals surface area contributed by atoms with Gasteiger partial charge in [-0.2, -0.15) is 0 Å². The van der Waals surface area contributed by atoms with E-state index in [1.807, 2.05) is 43.4 Å². The van der Waals surface area contributed by atoms with Crippen LogP contribution < -0.4 is 0 Å². The van der Waals surface area contributed by atoms with Crippen molar-refractivity contribution in [2.45, 2.75) is 10.9 Å². The van der Waals surface area contributed by atoms with Crippen molar-refractivity contribution in [3.05, 3.63) is 95.0 Å². The number of para-hydroxylation sites is 1. The highest BCUT2D eigenvalue weighted by Gasteiger charge is 2.16. The normalized spacial score (nSPS) is 11.2. The molecule has 0 aliphatic heterocycles. The molecule has 0 N–H and O–H groups in total. The van der Waals surface area contributed by atoms with Crippen molar-refractivity contribution in [2.75, 3.05) is 0 Å². The summed E-state index contributed by atoms with van der Waals surface area (Å²) in [4.78, 5) is 4.88. The number of benzene rings is 3. The van der Waals surface area contributed by atoms with Gasteiger partial charge in [0.25, 0.3) is 0 Å². The first-order chi connectivity index (χ1) is 15.2. The minimum Gasteiger partial charge on any atom is -0.305 e. The number of rotatable bonds is 5. The summed E-state index contributed by atoms with van der Waals surface area (Å²) in [6.45, 7) is 0. The van der Waals surface area contributed by atoms with Crippen LogP contribution in [0.3, 0.4) is 0 Å². The van der Waals surface area contributed by atoms with Crippen LogP contribution in [0, 0.1) is 0 Å². The maximum absolute atomic E-state index is 4.88. The van der Waals surface area contributed by atoms with Crippen LogP contribution in [-0.4, -0.2) is 19.7 Å². The molecule has 5 aromatic rings. The molecule has 0 aliphatic rings. The molecule has 4 nitrogen and oxygen atoms in total. The lowest BCUT2D eigenvalue weighted by Crippen LogP contribution is -1.97. The molecule has 5 rings (SSSR count). The Balaban J connectivity index is 1.54. The van der Waals surface area contributed by atoms with E-state index in [9.17, 15) is 0 Å². The number of aromatic nitrogens is 4. The summed E-state index contributed by atoms with van der Waals surface area (Å²) in [6.07, 6.45) is 0. The molecule has 0 fully saturated rings. The quantitative estimate of drug-likeness (QED) is 0.257. The predicted octanol–water partition coefficient (Wildman–Crippen LogP) is 6.75. The van der Waals surface area contributed by atoms with E-state index in [4.69, 9.17) is 4.98 Å². The fourth-order valence-electron chi connectivity index (χ4n) is 3.52. The maximum atomic E-state index is 4.88. The minimum absolute atomic E-state index is 0.839. The van der Waals surface area contributed by atoms with Gasteiger partial charge in [-0.1, -0.05) is 88.4 Å². The Morgan fingerprint density at radius 3 is 2.42 bits per heavy atom. The fraction of sp³-hybridized carbons (Fsp3) is 0.0800. The van der Waals surface area contributed by atoms with E-state index in [1.165, 1.54) is 5.56 Å². The van der Waals surface area contributed by atoms with Crippen molar-refractivity contribution >= 4 is 38.6 Å². The van der Waals surface area contributed by atoms with Crippen molar-refractivity contribution in [1.29, 1.82) is 0 Å². The van der Waals surface area contributed by atoms with Crippen molar-refractivity contribution in [1.82, 2.24) is 19.7 Å². The van der Waals surface area contributed by atoms with E-state index >= 15 is 0 Å². The second kappa shape index (κ2) is 8.65. The average Bonchev–Trinajstić information content (AvgIpc) is 3.18. The van der Waals surface area contributed by atoms with E-state index < -0.39 is 0 Å².